The van der Waals surface area contributed by atoms with Crippen LogP contribution < -0.4 is 24.6 Å². The van der Waals surface area contributed by atoms with E-state index in [4.69, 9.17) is 9.47 Å². The highest BCUT2D eigenvalue weighted by atomic mass is 32.2. The number of carbonyl (C=O) groups is 3. The number of thiazole rings is 1. The number of nitrogens with zero attached hydrogens (tertiary/aromatic N) is 2. The maximum Gasteiger partial charge on any atom is 0.308 e. The van der Waals surface area contributed by atoms with Gasteiger partial charge in [-0.1, -0.05) is 35.1 Å². The quantitative estimate of drug-likeness (QED) is 0.200. The van der Waals surface area contributed by atoms with Crippen LogP contribution >= 0.6 is 23.1 Å². The lowest BCUT2D eigenvalue weighted by Gasteiger charge is -2.43. The Morgan fingerprint density at radius 2 is 1.60 bits per heavy atom. The molecule has 246 valence electrons. The van der Waals surface area contributed by atoms with Gasteiger partial charge >= 0.3 is 4.87 Å². The van der Waals surface area contributed by atoms with Crippen molar-refractivity contribution in [2.45, 2.75) is 36.1 Å². The number of hydrogen-bond donors (Lipinski definition) is 2. The van der Waals surface area contributed by atoms with Gasteiger partial charge in [0, 0.05) is 21.7 Å². The number of aryl methyl sites for hydroxylation is 1. The monoisotopic (exact) mass is 683 g/mol. The number of phenols is 1. The summed E-state index contributed by atoms with van der Waals surface area (Å²) in [4.78, 5) is 57.1. The summed E-state index contributed by atoms with van der Waals surface area (Å²) in [7, 11) is 3.16. The average Bonchev–Trinajstić information content (AvgIpc) is 3.80. The Morgan fingerprint density at radius 1 is 0.917 bits per heavy atom. The van der Waals surface area contributed by atoms with Crippen LogP contribution in [0, 0.1) is 36.5 Å². The van der Waals surface area contributed by atoms with Crippen molar-refractivity contribution in [2.75, 3.05) is 24.4 Å². The van der Waals surface area contributed by atoms with Gasteiger partial charge in [0.15, 0.2) is 11.5 Å². The molecule has 2 bridgehead atoms. The number of anilines is 2. The number of fused-ring (bicyclic) bond motifs is 9. The summed E-state index contributed by atoms with van der Waals surface area (Å²) in [6.45, 7) is 1.78. The average molecular weight is 684 g/mol. The summed E-state index contributed by atoms with van der Waals surface area (Å²) in [5.41, 5.74) is 3.09. The van der Waals surface area contributed by atoms with Gasteiger partial charge in [0.05, 0.1) is 36.8 Å². The zero-order chi connectivity index (χ0) is 33.4. The van der Waals surface area contributed by atoms with E-state index in [0.29, 0.717) is 22.9 Å². The van der Waals surface area contributed by atoms with Crippen LogP contribution in [-0.4, -0.2) is 46.9 Å². The Labute approximate surface area is 284 Å². The smallest absolute Gasteiger partial charge is 0.308 e. The molecule has 12 heteroatoms. The van der Waals surface area contributed by atoms with Crippen molar-refractivity contribution in [2.24, 2.45) is 29.6 Å². The maximum atomic E-state index is 14.1. The van der Waals surface area contributed by atoms with Crippen LogP contribution in [0.15, 0.2) is 76.6 Å². The summed E-state index contributed by atoms with van der Waals surface area (Å²) in [5, 5.41) is 13.1. The van der Waals surface area contributed by atoms with Gasteiger partial charge in [0.2, 0.25) is 17.7 Å². The predicted molar refractivity (Wildman–Crippen MR) is 182 cm³/mol. The molecule has 3 fully saturated rings. The number of methoxy groups -OCH3 is 2. The molecule has 7 unspecified atom stereocenters. The van der Waals surface area contributed by atoms with Crippen LogP contribution in [0.5, 0.6) is 17.2 Å². The van der Waals surface area contributed by atoms with E-state index in [1.807, 2.05) is 49.4 Å². The number of aromatic nitrogens is 1. The Bertz CT molecular complexity index is 2020. The molecule has 3 heterocycles. The number of nitrogens with one attached hydrogen (secondary N) is 1. The zero-order valence-electron chi connectivity index (χ0n) is 26.4. The van der Waals surface area contributed by atoms with Crippen LogP contribution in [0.1, 0.15) is 28.3 Å². The topological polar surface area (TPSA) is 127 Å². The lowest BCUT2D eigenvalue weighted by molar-refractivity contribution is -0.123. The maximum absolute atomic E-state index is 14.1. The molecule has 3 aromatic carbocycles. The lowest BCUT2D eigenvalue weighted by Crippen LogP contribution is -2.43. The third-order valence-electron chi connectivity index (χ3n) is 10.5. The van der Waals surface area contributed by atoms with Crippen molar-refractivity contribution in [1.29, 1.82) is 0 Å². The van der Waals surface area contributed by atoms with Gasteiger partial charge in [-0.2, -0.15) is 0 Å². The molecule has 10 nitrogen and oxygen atoms in total. The van der Waals surface area contributed by atoms with E-state index < -0.39 is 11.8 Å². The first-order valence-corrected chi connectivity index (χ1v) is 17.5. The van der Waals surface area contributed by atoms with Crippen LogP contribution in [0.3, 0.4) is 0 Å². The number of aromatic hydroxyl groups is 1. The first-order chi connectivity index (χ1) is 23.2. The Balaban J connectivity index is 1.20. The summed E-state index contributed by atoms with van der Waals surface area (Å²) < 4.78 is 12.7. The summed E-state index contributed by atoms with van der Waals surface area (Å²) in [6.07, 6.45) is 0.751. The van der Waals surface area contributed by atoms with E-state index in [9.17, 15) is 24.3 Å². The van der Waals surface area contributed by atoms with Crippen LogP contribution in [0.25, 0.3) is 0 Å². The fourth-order valence-corrected chi connectivity index (χ4v) is 11.7. The number of benzene rings is 3. The van der Waals surface area contributed by atoms with Gasteiger partial charge in [-0.15, -0.1) is 11.8 Å². The molecule has 0 spiro atoms. The van der Waals surface area contributed by atoms with Gasteiger partial charge in [0.25, 0.3) is 0 Å². The van der Waals surface area contributed by atoms with E-state index in [1.165, 1.54) is 21.6 Å². The van der Waals surface area contributed by atoms with E-state index in [0.717, 1.165) is 38.8 Å². The van der Waals surface area contributed by atoms with Crippen LogP contribution in [-0.2, 0) is 20.9 Å². The minimum Gasteiger partial charge on any atom is -0.508 e. The van der Waals surface area contributed by atoms with E-state index >= 15 is 0 Å². The Kier molecular flexibility index (Phi) is 7.40. The van der Waals surface area contributed by atoms with E-state index in [-0.39, 0.29) is 63.8 Å². The largest absolute Gasteiger partial charge is 0.508 e. The number of phenolic OH excluding ortho intramolecular Hbond substituents is 1. The molecule has 3 amide bonds. The fraction of sp³-hybridized carbons (Fsp3) is 0.333. The van der Waals surface area contributed by atoms with Crippen LogP contribution in [0.4, 0.5) is 11.4 Å². The molecule has 1 aromatic heterocycles. The zero-order valence-corrected chi connectivity index (χ0v) is 28.0. The highest BCUT2D eigenvalue weighted by Crippen LogP contribution is 2.69. The lowest BCUT2D eigenvalue weighted by atomic mass is 9.68. The van der Waals surface area contributed by atoms with Crippen molar-refractivity contribution in [3.63, 3.8) is 0 Å². The minimum absolute atomic E-state index is 0.0149. The van der Waals surface area contributed by atoms with Gasteiger partial charge < -0.3 is 19.9 Å². The molecular weight excluding hydrogens is 651 g/mol. The first kappa shape index (κ1) is 30.8. The third kappa shape index (κ3) is 4.67. The number of amides is 3. The molecule has 2 saturated carbocycles. The summed E-state index contributed by atoms with van der Waals surface area (Å²) in [6, 6.07) is 19.4. The fourth-order valence-electron chi connectivity index (χ4n) is 8.51. The molecule has 2 aliphatic carbocycles. The van der Waals surface area contributed by atoms with Gasteiger partial charge in [0.1, 0.15) is 12.3 Å². The second-order valence-corrected chi connectivity index (χ2v) is 15.1. The number of rotatable bonds is 7. The van der Waals surface area contributed by atoms with E-state index in [1.54, 1.807) is 38.1 Å². The Morgan fingerprint density at radius 3 is 2.29 bits per heavy atom. The molecule has 4 aliphatic rings. The van der Waals surface area contributed by atoms with Crippen molar-refractivity contribution >= 4 is 52.2 Å². The number of ether oxygens (including phenoxy) is 2. The number of hydrogen-bond acceptors (Lipinski definition) is 9. The molecule has 8 rings (SSSR count). The number of imide groups is 1. The first-order valence-electron chi connectivity index (χ1n) is 15.8. The normalized spacial score (nSPS) is 26.6. The van der Waals surface area contributed by atoms with Gasteiger partial charge in [-0.25, -0.2) is 0 Å². The molecule has 4 aromatic rings. The summed E-state index contributed by atoms with van der Waals surface area (Å²) in [5.74, 6) is -0.673. The van der Waals surface area contributed by atoms with Crippen molar-refractivity contribution in [3.8, 4) is 17.2 Å². The second kappa shape index (κ2) is 11.6. The molecular formula is C36H33N3O7S2. The SMILES string of the molecule is COc1ccc(C2c3sc(=O)n(CC(=O)Nc4ccc(O)cc4)c3SC3C4CC(C5C(=O)N(c6ccc(C)cc6)C(=O)C45)C23)cc1OC. The Hall–Kier alpha value is -4.55. The number of thioether (sulfide) groups is 1. The second-order valence-electron chi connectivity index (χ2n) is 12.9. The van der Waals surface area contributed by atoms with Crippen LogP contribution in [0.2, 0.25) is 0 Å². The standard InChI is InChI=1S/C36H33N3O7S2/c1-17-4-9-20(10-5-17)39-33(42)29-22-15-23(30(29)34(39)43)31-28(22)27(18-6-13-24(45-2)25(14-18)46-3)32-35(47-31)38(36(44)48-32)16-26(41)37-19-7-11-21(40)12-8-19/h4-14,22-23,27-31,40H,15-16H2,1-3H3,(H,37,41). The van der Waals surface area contributed by atoms with Crippen molar-refractivity contribution in [1.82, 2.24) is 4.57 Å². The predicted octanol–water partition coefficient (Wildman–Crippen LogP) is 5.26. The number of carbonyl (C=O) groups excluding carboxylic acids is 3. The van der Waals surface area contributed by atoms with Gasteiger partial charge in [-0.05, 0) is 85.2 Å². The van der Waals surface area contributed by atoms with Crippen molar-refractivity contribution < 1.29 is 29.0 Å². The highest BCUT2D eigenvalue weighted by molar-refractivity contribution is 8.00. The molecule has 0 radical (unpaired) electrons. The molecule has 2 aliphatic heterocycles. The van der Waals surface area contributed by atoms with E-state index in [2.05, 4.69) is 5.32 Å². The highest BCUT2D eigenvalue weighted by Gasteiger charge is 2.69. The minimum atomic E-state index is -0.429. The molecule has 7 atom stereocenters. The molecule has 1 saturated heterocycles. The van der Waals surface area contributed by atoms with Gasteiger partial charge in [-0.3, -0.25) is 28.6 Å². The molecule has 2 N–H and O–H groups in total. The third-order valence-corrected chi connectivity index (χ3v) is 13.3. The summed E-state index contributed by atoms with van der Waals surface area (Å²) >= 11 is 2.71. The van der Waals surface area contributed by atoms with Crippen molar-refractivity contribution in [3.05, 3.63) is 92.4 Å². The molecule has 48 heavy (non-hydrogen) atoms.